The average Bonchev–Trinajstić information content (AvgIpc) is 2.86. The van der Waals surface area contributed by atoms with E-state index in [2.05, 4.69) is 19.7 Å². The number of nitrogens with zero attached hydrogens (tertiary/aromatic N) is 4. The lowest BCUT2D eigenvalue weighted by Crippen LogP contribution is -2.46. The lowest BCUT2D eigenvalue weighted by Gasteiger charge is -2.33. The van der Waals surface area contributed by atoms with Gasteiger partial charge in [-0.3, -0.25) is 0 Å². The fourth-order valence-electron chi connectivity index (χ4n) is 2.59. The van der Waals surface area contributed by atoms with Crippen molar-refractivity contribution in [3.05, 3.63) is 24.5 Å². The Labute approximate surface area is 118 Å². The summed E-state index contributed by atoms with van der Waals surface area (Å²) in [6, 6.07) is 3.82. The van der Waals surface area contributed by atoms with Gasteiger partial charge in [-0.15, -0.1) is 4.72 Å². The van der Waals surface area contributed by atoms with Gasteiger partial charge in [0.2, 0.25) is 0 Å². The van der Waals surface area contributed by atoms with Crippen molar-refractivity contribution in [3.8, 4) is 0 Å². The molecule has 0 saturated carbocycles. The van der Waals surface area contributed by atoms with Crippen LogP contribution in [0.3, 0.4) is 0 Å². The van der Waals surface area contributed by atoms with Gasteiger partial charge in [0.05, 0.1) is 12.2 Å². The molecule has 1 saturated heterocycles. The molecule has 1 atom stereocenters. The molecule has 2 aromatic rings. The van der Waals surface area contributed by atoms with Gasteiger partial charge >= 0.3 is 0 Å². The summed E-state index contributed by atoms with van der Waals surface area (Å²) < 4.78 is 27.0. The van der Waals surface area contributed by atoms with Crippen LogP contribution < -0.4 is 9.62 Å². The van der Waals surface area contributed by atoms with Crippen LogP contribution in [0.4, 0.5) is 5.82 Å². The molecule has 1 N–H and O–H groups in total. The molecule has 2 aromatic heterocycles. The summed E-state index contributed by atoms with van der Waals surface area (Å²) in [5.74, 6) is 0.998. The fourth-order valence-corrected chi connectivity index (χ4v) is 3.43. The second-order valence-electron chi connectivity index (χ2n) is 5.06. The molecule has 0 spiro atoms. The number of hydrogen-bond donors (Lipinski definition) is 1. The molecule has 3 rings (SSSR count). The van der Waals surface area contributed by atoms with E-state index in [4.69, 9.17) is 0 Å². The van der Waals surface area contributed by atoms with Crippen LogP contribution in [0, 0.1) is 0 Å². The van der Waals surface area contributed by atoms with Crippen molar-refractivity contribution in [3.63, 3.8) is 0 Å². The standard InChI is InChI=1S/C12H17N5O2S/c1-20(18,19)15-10-4-8-16(9-5-10)12-3-6-13-11-2-7-14-17(11)12/h2-3,6-7,10H,4-5,8-9H2,1H3,(H-,15,18,19). The summed E-state index contributed by atoms with van der Waals surface area (Å²) in [7, 11) is -3.13. The number of fused-ring (bicyclic) bond motifs is 1. The highest BCUT2D eigenvalue weighted by Crippen LogP contribution is 2.20. The van der Waals surface area contributed by atoms with Crippen LogP contribution in [0.1, 0.15) is 12.8 Å². The van der Waals surface area contributed by atoms with Gasteiger partial charge in [-0.25, -0.2) is 4.98 Å². The first-order valence-corrected chi connectivity index (χ1v) is 8.43. The van der Waals surface area contributed by atoms with Gasteiger partial charge in [-0.05, 0) is 18.9 Å². The van der Waals surface area contributed by atoms with E-state index < -0.39 is 10.4 Å². The summed E-state index contributed by atoms with van der Waals surface area (Å²) in [5, 5.41) is 4.27. The minimum absolute atomic E-state index is 0.0243. The first-order chi connectivity index (χ1) is 9.53. The summed E-state index contributed by atoms with van der Waals surface area (Å²) in [6.07, 6.45) is 6.28. The maximum atomic E-state index is 11.2. The molecule has 0 radical (unpaired) electrons. The molecule has 1 unspecified atom stereocenters. The minimum Gasteiger partial charge on any atom is -0.598 e. The van der Waals surface area contributed by atoms with Crippen molar-refractivity contribution in [2.45, 2.75) is 18.9 Å². The van der Waals surface area contributed by atoms with Gasteiger partial charge < -0.3 is 9.45 Å². The number of sulfonamides is 1. The molecule has 0 aliphatic carbocycles. The molecular formula is C12H17N5O2S. The van der Waals surface area contributed by atoms with E-state index >= 15 is 0 Å². The normalized spacial score (nSPS) is 20.2. The number of anilines is 1. The van der Waals surface area contributed by atoms with Crippen LogP contribution in [0.5, 0.6) is 0 Å². The lowest BCUT2D eigenvalue weighted by atomic mass is 10.1. The van der Waals surface area contributed by atoms with E-state index in [0.29, 0.717) is 0 Å². The van der Waals surface area contributed by atoms with Crippen LogP contribution in [0.25, 0.3) is 5.65 Å². The zero-order valence-corrected chi connectivity index (χ0v) is 12.0. The van der Waals surface area contributed by atoms with Crippen molar-refractivity contribution in [2.24, 2.45) is 0 Å². The highest BCUT2D eigenvalue weighted by molar-refractivity contribution is 7.95. The molecule has 1 aliphatic heterocycles. The Kier molecular flexibility index (Phi) is 3.45. The SMILES string of the molecule is C[S+](=O)([O-])NC1CCN(c2ccnc3ccnn23)CC1. The number of piperidine rings is 1. The Hall–Kier alpha value is -1.51. The third kappa shape index (κ3) is 2.82. The third-order valence-corrected chi connectivity index (χ3v) is 4.23. The molecule has 3 heterocycles. The molecule has 1 aliphatic rings. The lowest BCUT2D eigenvalue weighted by molar-refractivity contribution is 0.421. The summed E-state index contributed by atoms with van der Waals surface area (Å²) in [5.41, 5.74) is 0.818. The minimum atomic E-state index is -3.13. The van der Waals surface area contributed by atoms with Crippen molar-refractivity contribution < 1.29 is 8.76 Å². The van der Waals surface area contributed by atoms with Crippen LogP contribution in [0.2, 0.25) is 0 Å². The van der Waals surface area contributed by atoms with Crippen molar-refractivity contribution in [1.82, 2.24) is 19.3 Å². The van der Waals surface area contributed by atoms with Crippen LogP contribution in [-0.4, -0.2) is 44.5 Å². The van der Waals surface area contributed by atoms with Crippen LogP contribution in [0.15, 0.2) is 24.5 Å². The van der Waals surface area contributed by atoms with Crippen molar-refractivity contribution >= 4 is 21.9 Å². The fraction of sp³-hybridized carbons (Fsp3) is 0.500. The highest BCUT2D eigenvalue weighted by atomic mass is 32.3. The molecule has 7 nitrogen and oxygen atoms in total. The number of rotatable bonds is 3. The highest BCUT2D eigenvalue weighted by Gasteiger charge is 2.24. The van der Waals surface area contributed by atoms with E-state index in [1.54, 1.807) is 12.4 Å². The quantitative estimate of drug-likeness (QED) is 0.832. The van der Waals surface area contributed by atoms with Gasteiger partial charge in [-0.2, -0.15) is 9.61 Å². The Balaban J connectivity index is 1.72. The van der Waals surface area contributed by atoms with Crippen molar-refractivity contribution in [1.29, 1.82) is 0 Å². The molecule has 0 amide bonds. The average molecular weight is 295 g/mol. The number of hydrogen-bond acceptors (Lipinski definition) is 5. The second kappa shape index (κ2) is 5.12. The Morgan fingerprint density at radius 3 is 2.80 bits per heavy atom. The Bertz CT molecular complexity index is 644. The van der Waals surface area contributed by atoms with Crippen LogP contribution >= 0.6 is 0 Å². The largest absolute Gasteiger partial charge is 0.598 e. The van der Waals surface area contributed by atoms with E-state index in [1.807, 2.05) is 16.6 Å². The zero-order chi connectivity index (χ0) is 14.2. The van der Waals surface area contributed by atoms with E-state index in [9.17, 15) is 8.76 Å². The van der Waals surface area contributed by atoms with E-state index in [0.717, 1.165) is 37.4 Å². The maximum absolute atomic E-state index is 11.2. The summed E-state index contributed by atoms with van der Waals surface area (Å²) in [6.45, 7) is 1.60. The first kappa shape index (κ1) is 13.5. The van der Waals surface area contributed by atoms with Crippen molar-refractivity contribution in [2.75, 3.05) is 24.2 Å². The predicted molar refractivity (Wildman–Crippen MR) is 76.1 cm³/mol. The van der Waals surface area contributed by atoms with Gasteiger partial charge in [0, 0.05) is 25.4 Å². The van der Waals surface area contributed by atoms with Gasteiger partial charge in [-0.1, -0.05) is 4.21 Å². The Morgan fingerprint density at radius 1 is 1.35 bits per heavy atom. The smallest absolute Gasteiger partial charge is 0.157 e. The first-order valence-electron chi connectivity index (χ1n) is 6.54. The molecule has 1 fully saturated rings. The third-order valence-electron chi connectivity index (χ3n) is 3.47. The Morgan fingerprint density at radius 2 is 2.10 bits per heavy atom. The van der Waals surface area contributed by atoms with E-state index in [-0.39, 0.29) is 6.04 Å². The molecule has 8 heteroatoms. The summed E-state index contributed by atoms with van der Waals surface area (Å²) in [4.78, 5) is 6.45. The number of aromatic nitrogens is 3. The monoisotopic (exact) mass is 295 g/mol. The molecule has 0 bridgehead atoms. The molecular weight excluding hydrogens is 278 g/mol. The zero-order valence-electron chi connectivity index (χ0n) is 11.2. The molecule has 0 aromatic carbocycles. The topological polar surface area (TPSA) is 85.6 Å². The van der Waals surface area contributed by atoms with Gasteiger partial charge in [0.1, 0.15) is 22.5 Å². The second-order valence-corrected chi connectivity index (χ2v) is 6.84. The molecule has 20 heavy (non-hydrogen) atoms. The van der Waals surface area contributed by atoms with Crippen LogP contribution in [-0.2, 0) is 14.6 Å². The van der Waals surface area contributed by atoms with E-state index in [1.165, 1.54) is 6.26 Å². The predicted octanol–water partition coefficient (Wildman–Crippen LogP) is 0.462. The van der Waals surface area contributed by atoms with Gasteiger partial charge in [0.25, 0.3) is 0 Å². The summed E-state index contributed by atoms with van der Waals surface area (Å²) >= 11 is 0. The van der Waals surface area contributed by atoms with Gasteiger partial charge in [0.15, 0.2) is 5.65 Å². The molecule has 108 valence electrons. The maximum Gasteiger partial charge on any atom is 0.157 e. The number of nitrogens with one attached hydrogen (secondary N) is 1.